The molecule has 23 heavy (non-hydrogen) atoms. The van der Waals surface area contributed by atoms with Gasteiger partial charge in [-0.25, -0.2) is 4.99 Å². The predicted octanol–water partition coefficient (Wildman–Crippen LogP) is 1.61. The summed E-state index contributed by atoms with van der Waals surface area (Å²) in [6.45, 7) is 8.01. The van der Waals surface area contributed by atoms with Crippen molar-refractivity contribution in [2.24, 2.45) is 4.99 Å². The highest BCUT2D eigenvalue weighted by atomic mass is 35.6. The molecule has 0 unspecified atom stereocenters. The van der Waals surface area contributed by atoms with Gasteiger partial charge in [0, 0.05) is 0 Å². The number of alkyl halides is 3. The van der Waals surface area contributed by atoms with Crippen LogP contribution in [0.2, 0.25) is 0 Å². The Kier molecular flexibility index (Phi) is 3.98. The van der Waals surface area contributed by atoms with Gasteiger partial charge in [-0.2, -0.15) is 0 Å². The van der Waals surface area contributed by atoms with Gasteiger partial charge < -0.3 is 15.5 Å². The molecule has 3 rings (SSSR count). The first-order chi connectivity index (χ1) is 10.7. The first-order valence-electron chi connectivity index (χ1n) is 7.37. The molecule has 0 aromatic heterocycles. The van der Waals surface area contributed by atoms with E-state index in [4.69, 9.17) is 34.8 Å². The van der Waals surface area contributed by atoms with E-state index in [1.165, 1.54) is 0 Å². The summed E-state index contributed by atoms with van der Waals surface area (Å²) in [6, 6.07) is -0.0295. The second kappa shape index (κ2) is 5.46. The van der Waals surface area contributed by atoms with Crippen LogP contribution < -0.4 is 16.0 Å². The van der Waals surface area contributed by atoms with Crippen molar-refractivity contribution in [2.45, 2.75) is 47.8 Å². The maximum absolute atomic E-state index is 12.1. The molecular formula is C14H18Cl3N5O. The molecule has 1 saturated heterocycles. The molecule has 1 fully saturated rings. The van der Waals surface area contributed by atoms with Gasteiger partial charge in [0.2, 0.25) is 5.96 Å². The minimum atomic E-state index is -2.05. The zero-order valence-corrected chi connectivity index (χ0v) is 15.0. The topological polar surface area (TPSA) is 68.8 Å². The third-order valence-electron chi connectivity index (χ3n) is 4.39. The van der Waals surface area contributed by atoms with E-state index in [0.717, 1.165) is 12.2 Å². The number of halogens is 3. The summed E-state index contributed by atoms with van der Waals surface area (Å²) < 4.78 is -2.05. The maximum Gasteiger partial charge on any atom is 0.278 e. The smallest absolute Gasteiger partial charge is 0.278 e. The molecule has 0 radical (unpaired) electrons. The predicted molar refractivity (Wildman–Crippen MR) is 92.3 cm³/mol. The number of guanidine groups is 1. The van der Waals surface area contributed by atoms with Crippen LogP contribution in [-0.4, -0.2) is 44.3 Å². The number of nitrogens with zero attached hydrogens (tertiary/aromatic N) is 2. The number of hydrogen-bond acceptors (Lipinski definition) is 5. The molecule has 3 aliphatic heterocycles. The first kappa shape index (κ1) is 16.7. The molecular weight excluding hydrogens is 361 g/mol. The second-order valence-electron chi connectivity index (χ2n) is 5.90. The average molecular weight is 379 g/mol. The molecule has 0 bridgehead atoms. The molecule has 0 aromatic carbocycles. The lowest BCUT2D eigenvalue weighted by Crippen LogP contribution is -2.70. The number of hydrogen-bond donors (Lipinski definition) is 3. The van der Waals surface area contributed by atoms with Gasteiger partial charge in [-0.1, -0.05) is 54.4 Å². The Morgan fingerprint density at radius 2 is 2.26 bits per heavy atom. The van der Waals surface area contributed by atoms with Crippen molar-refractivity contribution in [3.8, 4) is 0 Å². The number of rotatable bonds is 1. The Bertz CT molecular complexity index is 614. The monoisotopic (exact) mass is 377 g/mol. The standard InChI is InChI=1S/C14H18Cl3N5O/c1-4-9-10-13(21-8(3)18-10)6-5-7(2)22(13)12(19-9)20-11(23)14(15,16)17/h5-7,9-10,18,21H,3-4H2,1-2H3,(H,19,20,23)/t7-,9-,10-,13+/m0/s1. The van der Waals surface area contributed by atoms with Crippen molar-refractivity contribution < 1.29 is 4.79 Å². The Labute approximate surface area is 149 Å². The normalized spacial score (nSPS) is 35.2. The van der Waals surface area contributed by atoms with Crippen LogP contribution in [0, 0.1) is 0 Å². The molecule has 0 aliphatic carbocycles. The van der Waals surface area contributed by atoms with Crippen molar-refractivity contribution >= 4 is 46.7 Å². The van der Waals surface area contributed by atoms with Gasteiger partial charge in [0.15, 0.2) is 5.66 Å². The van der Waals surface area contributed by atoms with E-state index in [0.29, 0.717) is 5.96 Å². The Hall–Kier alpha value is -1.11. The highest BCUT2D eigenvalue weighted by Gasteiger charge is 2.57. The molecule has 6 nitrogen and oxygen atoms in total. The summed E-state index contributed by atoms with van der Waals surface area (Å²) in [6.07, 6.45) is 4.92. The molecule has 3 aliphatic rings. The van der Waals surface area contributed by atoms with Crippen LogP contribution >= 0.6 is 34.8 Å². The Morgan fingerprint density at radius 3 is 2.87 bits per heavy atom. The van der Waals surface area contributed by atoms with Gasteiger partial charge in [0.05, 0.1) is 23.9 Å². The fourth-order valence-electron chi connectivity index (χ4n) is 3.44. The average Bonchev–Trinajstić information content (AvgIpc) is 2.96. The van der Waals surface area contributed by atoms with Crippen LogP contribution in [0.1, 0.15) is 20.3 Å². The van der Waals surface area contributed by atoms with E-state index >= 15 is 0 Å². The molecule has 3 heterocycles. The van der Waals surface area contributed by atoms with Gasteiger partial charge in [0.1, 0.15) is 0 Å². The van der Waals surface area contributed by atoms with Crippen molar-refractivity contribution in [2.75, 3.05) is 0 Å². The Morgan fingerprint density at radius 1 is 1.57 bits per heavy atom. The van der Waals surface area contributed by atoms with Crippen LogP contribution in [0.4, 0.5) is 0 Å². The fourth-order valence-corrected chi connectivity index (χ4v) is 3.58. The van der Waals surface area contributed by atoms with Gasteiger partial charge in [-0.3, -0.25) is 10.1 Å². The maximum atomic E-state index is 12.1. The summed E-state index contributed by atoms with van der Waals surface area (Å²) in [5.41, 5.74) is -0.533. The molecule has 3 N–H and O–H groups in total. The zero-order chi connectivity index (χ0) is 17.0. The Balaban J connectivity index is 2.00. The summed E-state index contributed by atoms with van der Waals surface area (Å²) in [7, 11) is 0. The quantitative estimate of drug-likeness (QED) is 0.479. The summed E-state index contributed by atoms with van der Waals surface area (Å²) in [5.74, 6) is 0.390. The third kappa shape index (κ3) is 2.57. The van der Waals surface area contributed by atoms with Crippen molar-refractivity contribution in [1.29, 1.82) is 0 Å². The lowest BCUT2D eigenvalue weighted by molar-refractivity contribution is -0.119. The largest absolute Gasteiger partial charge is 0.363 e. The van der Waals surface area contributed by atoms with E-state index in [1.807, 2.05) is 18.7 Å². The lowest BCUT2D eigenvalue weighted by atomic mass is 9.91. The van der Waals surface area contributed by atoms with Crippen molar-refractivity contribution in [3.05, 3.63) is 24.6 Å². The molecule has 9 heteroatoms. The highest BCUT2D eigenvalue weighted by molar-refractivity contribution is 6.76. The first-order valence-corrected chi connectivity index (χ1v) is 8.50. The molecule has 126 valence electrons. The minimum Gasteiger partial charge on any atom is -0.363 e. The second-order valence-corrected chi connectivity index (χ2v) is 8.18. The number of carbonyl (C=O) groups excluding carboxylic acids is 1. The van der Waals surface area contributed by atoms with E-state index in [9.17, 15) is 4.79 Å². The summed E-state index contributed by atoms with van der Waals surface area (Å²) in [4.78, 5) is 18.7. The van der Waals surface area contributed by atoms with Crippen LogP contribution in [0.15, 0.2) is 29.5 Å². The van der Waals surface area contributed by atoms with E-state index in [-0.39, 0.29) is 18.1 Å². The molecule has 1 spiro atoms. The molecule has 0 aromatic rings. The SMILES string of the molecule is C=C1N[C@H]2[C@H](CC)N=C(NC(=O)C(Cl)(Cl)Cl)N3[C@@H](C)C=C[C@]23N1. The van der Waals surface area contributed by atoms with Gasteiger partial charge in [-0.05, 0) is 19.4 Å². The van der Waals surface area contributed by atoms with E-state index in [2.05, 4.69) is 39.7 Å². The lowest BCUT2D eigenvalue weighted by Gasteiger charge is -2.47. The number of carbonyl (C=O) groups is 1. The van der Waals surface area contributed by atoms with Crippen LogP contribution in [0.3, 0.4) is 0 Å². The number of amides is 1. The molecule has 1 amide bonds. The van der Waals surface area contributed by atoms with Crippen LogP contribution in [0.25, 0.3) is 0 Å². The summed E-state index contributed by atoms with van der Waals surface area (Å²) in [5, 5.41) is 9.37. The van der Waals surface area contributed by atoms with Gasteiger partial charge >= 0.3 is 0 Å². The van der Waals surface area contributed by atoms with Crippen LogP contribution in [0.5, 0.6) is 0 Å². The van der Waals surface area contributed by atoms with Gasteiger partial charge in [0.25, 0.3) is 9.70 Å². The van der Waals surface area contributed by atoms with Crippen LogP contribution in [-0.2, 0) is 4.79 Å². The van der Waals surface area contributed by atoms with Crippen molar-refractivity contribution in [3.63, 3.8) is 0 Å². The number of aliphatic imine (C=N–C) groups is 1. The molecule has 0 saturated carbocycles. The summed E-state index contributed by atoms with van der Waals surface area (Å²) >= 11 is 17.0. The minimum absolute atomic E-state index is 0.00890. The molecule has 4 atom stereocenters. The highest BCUT2D eigenvalue weighted by Crippen LogP contribution is 2.39. The zero-order valence-electron chi connectivity index (χ0n) is 12.7. The fraction of sp³-hybridized carbons (Fsp3) is 0.571. The van der Waals surface area contributed by atoms with E-state index < -0.39 is 15.4 Å². The third-order valence-corrected chi connectivity index (χ3v) is 4.91. The number of nitrogens with one attached hydrogen (secondary N) is 3. The van der Waals surface area contributed by atoms with Crippen molar-refractivity contribution in [1.82, 2.24) is 20.9 Å². The van der Waals surface area contributed by atoms with Gasteiger partial charge in [-0.15, -0.1) is 0 Å². The van der Waals surface area contributed by atoms with E-state index in [1.54, 1.807) is 0 Å².